The van der Waals surface area contributed by atoms with Gasteiger partial charge in [0.25, 0.3) is 0 Å². The van der Waals surface area contributed by atoms with Gasteiger partial charge in [0.15, 0.2) is 5.65 Å². The van der Waals surface area contributed by atoms with Crippen LogP contribution in [0, 0.1) is 0 Å². The number of aromatic nitrogens is 3. The van der Waals surface area contributed by atoms with Crippen LogP contribution in [0.4, 0.5) is 5.82 Å². The van der Waals surface area contributed by atoms with Crippen molar-refractivity contribution in [2.24, 2.45) is 0 Å². The molecular formula is C13H16N4O2. The van der Waals surface area contributed by atoms with E-state index in [-0.39, 0.29) is 6.42 Å². The second-order valence-corrected chi connectivity index (χ2v) is 4.23. The highest BCUT2D eigenvalue weighted by Crippen LogP contribution is 2.10. The Morgan fingerprint density at radius 2 is 2.00 bits per heavy atom. The quantitative estimate of drug-likeness (QED) is 0.741. The van der Waals surface area contributed by atoms with Crippen molar-refractivity contribution in [1.29, 1.82) is 0 Å². The predicted molar refractivity (Wildman–Crippen MR) is 71.9 cm³/mol. The second-order valence-electron chi connectivity index (χ2n) is 4.23. The maximum absolute atomic E-state index is 10.3. The van der Waals surface area contributed by atoms with Gasteiger partial charge in [0.2, 0.25) is 0 Å². The van der Waals surface area contributed by atoms with Gasteiger partial charge in [-0.1, -0.05) is 6.42 Å². The number of rotatable bonds is 7. The zero-order valence-corrected chi connectivity index (χ0v) is 10.5. The van der Waals surface area contributed by atoms with Gasteiger partial charge in [0.1, 0.15) is 11.3 Å². The monoisotopic (exact) mass is 260 g/mol. The maximum atomic E-state index is 10.3. The number of aliphatic carboxylic acids is 1. The minimum absolute atomic E-state index is 0.240. The number of hydrogen-bond donors (Lipinski definition) is 2. The molecule has 0 bridgehead atoms. The van der Waals surface area contributed by atoms with Crippen LogP contribution in [0.5, 0.6) is 0 Å². The standard InChI is InChI=1S/C13H16N4O2/c18-12(19)4-2-1-3-7-15-11-6-5-10-13(17-11)16-9-8-14-10/h5-6,8-9H,1-4,7H2,(H,18,19)(H,15,16,17). The van der Waals surface area contributed by atoms with E-state index >= 15 is 0 Å². The Morgan fingerprint density at radius 3 is 2.84 bits per heavy atom. The summed E-state index contributed by atoms with van der Waals surface area (Å²) in [6.07, 6.45) is 6.03. The highest BCUT2D eigenvalue weighted by molar-refractivity contribution is 5.71. The van der Waals surface area contributed by atoms with Gasteiger partial charge in [-0.3, -0.25) is 9.78 Å². The third-order valence-electron chi connectivity index (χ3n) is 2.71. The van der Waals surface area contributed by atoms with E-state index in [1.165, 1.54) is 0 Å². The summed E-state index contributed by atoms with van der Waals surface area (Å²) in [6.45, 7) is 0.776. The average Bonchev–Trinajstić information content (AvgIpc) is 2.42. The van der Waals surface area contributed by atoms with Gasteiger partial charge in [0, 0.05) is 25.4 Å². The summed E-state index contributed by atoms with van der Waals surface area (Å²) in [5.74, 6) is 0.0361. The molecule has 2 aromatic heterocycles. The number of carbonyl (C=O) groups is 1. The predicted octanol–water partition coefficient (Wildman–Crippen LogP) is 2.08. The number of carboxylic acids is 1. The third kappa shape index (κ3) is 4.17. The van der Waals surface area contributed by atoms with Gasteiger partial charge < -0.3 is 10.4 Å². The SMILES string of the molecule is O=C(O)CCCCCNc1ccc2nccnc2n1. The zero-order chi connectivity index (χ0) is 13.5. The molecule has 19 heavy (non-hydrogen) atoms. The van der Waals surface area contributed by atoms with Gasteiger partial charge in [-0.2, -0.15) is 0 Å². The summed E-state index contributed by atoms with van der Waals surface area (Å²) >= 11 is 0. The fourth-order valence-corrected chi connectivity index (χ4v) is 1.75. The van der Waals surface area contributed by atoms with Crippen LogP contribution in [0.2, 0.25) is 0 Å². The first-order valence-corrected chi connectivity index (χ1v) is 6.29. The number of unbranched alkanes of at least 4 members (excludes halogenated alkanes) is 2. The van der Waals surface area contributed by atoms with E-state index in [2.05, 4.69) is 20.3 Å². The molecule has 0 aliphatic rings. The molecule has 0 aliphatic carbocycles. The average molecular weight is 260 g/mol. The highest BCUT2D eigenvalue weighted by Gasteiger charge is 2.00. The van der Waals surface area contributed by atoms with Crippen molar-refractivity contribution in [2.75, 3.05) is 11.9 Å². The first-order chi connectivity index (χ1) is 9.25. The normalized spacial score (nSPS) is 10.5. The number of carboxylic acid groups (broad SMARTS) is 1. The van der Waals surface area contributed by atoms with E-state index < -0.39 is 5.97 Å². The van der Waals surface area contributed by atoms with E-state index in [4.69, 9.17) is 5.11 Å². The lowest BCUT2D eigenvalue weighted by Crippen LogP contribution is -2.04. The minimum Gasteiger partial charge on any atom is -0.481 e. The van der Waals surface area contributed by atoms with Crippen molar-refractivity contribution in [3.63, 3.8) is 0 Å². The molecule has 2 heterocycles. The van der Waals surface area contributed by atoms with Gasteiger partial charge in [-0.25, -0.2) is 9.97 Å². The molecule has 100 valence electrons. The van der Waals surface area contributed by atoms with Crippen molar-refractivity contribution < 1.29 is 9.90 Å². The Morgan fingerprint density at radius 1 is 1.16 bits per heavy atom. The molecule has 2 aromatic rings. The maximum Gasteiger partial charge on any atom is 0.303 e. The Labute approximate surface area is 110 Å². The number of fused-ring (bicyclic) bond motifs is 1. The molecule has 6 nitrogen and oxygen atoms in total. The van der Waals surface area contributed by atoms with Gasteiger partial charge in [-0.15, -0.1) is 0 Å². The molecule has 0 amide bonds. The lowest BCUT2D eigenvalue weighted by Gasteiger charge is -2.05. The third-order valence-corrected chi connectivity index (χ3v) is 2.71. The van der Waals surface area contributed by atoms with Crippen LogP contribution in [-0.4, -0.2) is 32.6 Å². The Kier molecular flexibility index (Phi) is 4.60. The first kappa shape index (κ1) is 13.2. The van der Waals surface area contributed by atoms with E-state index in [1.807, 2.05) is 12.1 Å². The lowest BCUT2D eigenvalue weighted by molar-refractivity contribution is -0.137. The fraction of sp³-hybridized carbons (Fsp3) is 0.385. The van der Waals surface area contributed by atoms with Crippen molar-refractivity contribution in [1.82, 2.24) is 15.0 Å². The summed E-state index contributed by atoms with van der Waals surface area (Å²) in [6, 6.07) is 3.75. The van der Waals surface area contributed by atoms with E-state index in [1.54, 1.807) is 12.4 Å². The van der Waals surface area contributed by atoms with E-state index in [9.17, 15) is 4.79 Å². The number of hydrogen-bond acceptors (Lipinski definition) is 5. The number of pyridine rings is 1. The van der Waals surface area contributed by atoms with Crippen LogP contribution in [0.1, 0.15) is 25.7 Å². The van der Waals surface area contributed by atoms with E-state index in [0.717, 1.165) is 30.7 Å². The van der Waals surface area contributed by atoms with Crippen LogP contribution < -0.4 is 5.32 Å². The molecule has 0 saturated carbocycles. The van der Waals surface area contributed by atoms with Crippen LogP contribution in [0.3, 0.4) is 0 Å². The molecule has 2 rings (SSSR count). The first-order valence-electron chi connectivity index (χ1n) is 6.29. The number of nitrogens with one attached hydrogen (secondary N) is 1. The molecule has 0 radical (unpaired) electrons. The van der Waals surface area contributed by atoms with Gasteiger partial charge in [-0.05, 0) is 25.0 Å². The van der Waals surface area contributed by atoms with Crippen LogP contribution in [0.25, 0.3) is 11.2 Å². The smallest absolute Gasteiger partial charge is 0.303 e. The largest absolute Gasteiger partial charge is 0.481 e. The molecule has 0 saturated heterocycles. The van der Waals surface area contributed by atoms with Crippen LogP contribution >= 0.6 is 0 Å². The number of anilines is 1. The topological polar surface area (TPSA) is 88.0 Å². The molecule has 0 atom stereocenters. The molecule has 0 unspecified atom stereocenters. The Balaban J connectivity index is 1.77. The summed E-state index contributed by atoms with van der Waals surface area (Å²) in [4.78, 5) is 23.0. The number of nitrogens with zero attached hydrogens (tertiary/aromatic N) is 3. The second kappa shape index (κ2) is 6.63. The summed E-state index contributed by atoms with van der Waals surface area (Å²) in [7, 11) is 0. The van der Waals surface area contributed by atoms with Gasteiger partial charge in [0.05, 0.1) is 0 Å². The molecule has 2 N–H and O–H groups in total. The van der Waals surface area contributed by atoms with Gasteiger partial charge >= 0.3 is 5.97 Å². The Hall–Kier alpha value is -2.24. The molecule has 0 fully saturated rings. The molecule has 0 aromatic carbocycles. The summed E-state index contributed by atoms with van der Waals surface area (Å²) in [5.41, 5.74) is 1.40. The Bertz CT molecular complexity index is 559. The molecule has 6 heteroatoms. The van der Waals surface area contributed by atoms with E-state index in [0.29, 0.717) is 12.1 Å². The van der Waals surface area contributed by atoms with Crippen LogP contribution in [-0.2, 0) is 4.79 Å². The van der Waals surface area contributed by atoms with Crippen molar-refractivity contribution in [2.45, 2.75) is 25.7 Å². The van der Waals surface area contributed by atoms with Crippen molar-refractivity contribution in [3.8, 4) is 0 Å². The molecular weight excluding hydrogens is 244 g/mol. The minimum atomic E-state index is -0.734. The van der Waals surface area contributed by atoms with Crippen molar-refractivity contribution >= 4 is 23.0 Å². The molecule has 0 aliphatic heterocycles. The fourth-order valence-electron chi connectivity index (χ4n) is 1.75. The van der Waals surface area contributed by atoms with Crippen LogP contribution in [0.15, 0.2) is 24.5 Å². The summed E-state index contributed by atoms with van der Waals surface area (Å²) < 4.78 is 0. The highest BCUT2D eigenvalue weighted by atomic mass is 16.4. The zero-order valence-electron chi connectivity index (χ0n) is 10.5. The van der Waals surface area contributed by atoms with Crippen molar-refractivity contribution in [3.05, 3.63) is 24.5 Å². The lowest BCUT2D eigenvalue weighted by atomic mass is 10.2. The molecule has 0 spiro atoms. The summed E-state index contributed by atoms with van der Waals surface area (Å²) in [5, 5.41) is 11.7.